The van der Waals surface area contributed by atoms with Crippen molar-refractivity contribution in [2.45, 2.75) is 13.3 Å². The van der Waals surface area contributed by atoms with Gasteiger partial charge in [0.05, 0.1) is 23.1 Å². The average Bonchev–Trinajstić information content (AvgIpc) is 3.47. The minimum absolute atomic E-state index is 0.117. The van der Waals surface area contributed by atoms with Crippen molar-refractivity contribution in [3.05, 3.63) is 71.8 Å². The Morgan fingerprint density at radius 1 is 1.00 bits per heavy atom. The van der Waals surface area contributed by atoms with E-state index < -0.39 is 18.5 Å². The summed E-state index contributed by atoms with van der Waals surface area (Å²) in [6, 6.07) is 13.5. The summed E-state index contributed by atoms with van der Waals surface area (Å²) < 4.78 is 5.14. The Morgan fingerprint density at radius 2 is 1.69 bits per heavy atom. The van der Waals surface area contributed by atoms with Crippen molar-refractivity contribution >= 4 is 35.1 Å². The zero-order valence-electron chi connectivity index (χ0n) is 17.5. The van der Waals surface area contributed by atoms with Crippen LogP contribution in [0.25, 0.3) is 0 Å². The van der Waals surface area contributed by atoms with Crippen LogP contribution >= 0.6 is 0 Å². The van der Waals surface area contributed by atoms with Crippen LogP contribution < -0.4 is 10.2 Å². The van der Waals surface area contributed by atoms with E-state index in [1.807, 2.05) is 31.2 Å². The highest BCUT2D eigenvalue weighted by Gasteiger charge is 2.59. The molecule has 2 fully saturated rings. The topological polar surface area (TPSA) is 92.8 Å². The van der Waals surface area contributed by atoms with Crippen LogP contribution in [0.2, 0.25) is 0 Å². The summed E-state index contributed by atoms with van der Waals surface area (Å²) in [4.78, 5) is 51.8. The molecule has 2 bridgehead atoms. The summed E-state index contributed by atoms with van der Waals surface area (Å²) >= 11 is 0. The average molecular weight is 430 g/mol. The minimum Gasteiger partial charge on any atom is -0.452 e. The number of hydrogen-bond acceptors (Lipinski definition) is 5. The minimum atomic E-state index is -0.701. The molecule has 2 aromatic rings. The molecule has 0 spiro atoms. The zero-order valence-corrected chi connectivity index (χ0v) is 17.5. The SMILES string of the molecule is Cc1ccccc1NC(=O)COC(=O)c1cccc(N2C(=O)[C@@H]3[C@@H](C2=O)[C@H]2C=C[C@H]3C2)c1. The van der Waals surface area contributed by atoms with E-state index >= 15 is 0 Å². The first-order valence-electron chi connectivity index (χ1n) is 10.6. The van der Waals surface area contributed by atoms with Crippen molar-refractivity contribution in [2.24, 2.45) is 23.7 Å². The number of ether oxygens (including phenoxy) is 1. The molecule has 0 radical (unpaired) electrons. The molecule has 4 atom stereocenters. The molecular weight excluding hydrogens is 408 g/mol. The number of anilines is 2. The van der Waals surface area contributed by atoms with Crippen LogP contribution in [0.4, 0.5) is 11.4 Å². The third-order valence-corrected chi connectivity index (χ3v) is 6.56. The van der Waals surface area contributed by atoms with E-state index in [-0.39, 0.29) is 41.0 Å². The second kappa shape index (κ2) is 7.75. The first kappa shape index (κ1) is 20.2. The number of aryl methyl sites for hydroxylation is 1. The van der Waals surface area contributed by atoms with E-state index in [1.54, 1.807) is 24.3 Å². The lowest BCUT2D eigenvalue weighted by Gasteiger charge is -2.18. The van der Waals surface area contributed by atoms with Crippen LogP contribution in [-0.4, -0.2) is 30.3 Å². The molecule has 3 aliphatic rings. The van der Waals surface area contributed by atoms with Gasteiger partial charge in [0.1, 0.15) is 0 Å². The number of esters is 1. The summed E-state index contributed by atoms with van der Waals surface area (Å²) in [5.41, 5.74) is 2.07. The molecule has 7 heteroatoms. The van der Waals surface area contributed by atoms with Crippen molar-refractivity contribution in [1.29, 1.82) is 0 Å². The Hall–Kier alpha value is -3.74. The van der Waals surface area contributed by atoms with E-state index in [0.29, 0.717) is 11.4 Å². The highest BCUT2D eigenvalue weighted by Crippen LogP contribution is 2.53. The van der Waals surface area contributed by atoms with Crippen molar-refractivity contribution in [1.82, 2.24) is 0 Å². The number of rotatable bonds is 5. The molecule has 2 aromatic carbocycles. The number of carbonyl (C=O) groups excluding carboxylic acids is 4. The van der Waals surface area contributed by atoms with Crippen molar-refractivity contribution in [3.63, 3.8) is 0 Å². The predicted octanol–water partition coefficient (Wildman–Crippen LogP) is 3.10. The number of amides is 3. The number of para-hydroxylation sites is 1. The maximum atomic E-state index is 13.0. The van der Waals surface area contributed by atoms with Crippen molar-refractivity contribution in [2.75, 3.05) is 16.8 Å². The van der Waals surface area contributed by atoms with Gasteiger partial charge in [0.25, 0.3) is 5.91 Å². The fourth-order valence-electron chi connectivity index (χ4n) is 5.04. The van der Waals surface area contributed by atoms with Gasteiger partial charge in [-0.25, -0.2) is 9.69 Å². The van der Waals surface area contributed by atoms with Crippen LogP contribution in [0.3, 0.4) is 0 Å². The Labute approximate surface area is 185 Å². The van der Waals surface area contributed by atoms with Gasteiger partial charge in [-0.05, 0) is 55.0 Å². The monoisotopic (exact) mass is 430 g/mol. The predicted molar refractivity (Wildman–Crippen MR) is 117 cm³/mol. The summed E-state index contributed by atoms with van der Waals surface area (Å²) in [7, 11) is 0. The molecule has 0 unspecified atom stereocenters. The van der Waals surface area contributed by atoms with E-state index in [0.717, 1.165) is 12.0 Å². The first-order chi connectivity index (χ1) is 15.4. The molecule has 1 saturated carbocycles. The van der Waals surface area contributed by atoms with Gasteiger partial charge >= 0.3 is 5.97 Å². The van der Waals surface area contributed by atoms with E-state index in [9.17, 15) is 19.2 Å². The second-order valence-corrected chi connectivity index (χ2v) is 8.50. The number of fused-ring (bicyclic) bond motifs is 5. The fraction of sp³-hybridized carbons (Fsp3) is 0.280. The van der Waals surface area contributed by atoms with Gasteiger partial charge in [0.2, 0.25) is 11.8 Å². The van der Waals surface area contributed by atoms with Gasteiger partial charge in [-0.15, -0.1) is 0 Å². The fourth-order valence-corrected chi connectivity index (χ4v) is 5.04. The molecule has 5 rings (SSSR count). The number of nitrogens with zero attached hydrogens (tertiary/aromatic N) is 1. The highest BCUT2D eigenvalue weighted by molar-refractivity contribution is 6.23. The maximum Gasteiger partial charge on any atom is 0.338 e. The highest BCUT2D eigenvalue weighted by atomic mass is 16.5. The number of nitrogens with one attached hydrogen (secondary N) is 1. The number of hydrogen-bond donors (Lipinski definition) is 1. The second-order valence-electron chi connectivity index (χ2n) is 8.50. The number of imide groups is 1. The van der Waals surface area contributed by atoms with Gasteiger partial charge < -0.3 is 10.1 Å². The van der Waals surface area contributed by atoms with Gasteiger partial charge in [0, 0.05) is 5.69 Å². The molecule has 7 nitrogen and oxygen atoms in total. The number of carbonyl (C=O) groups is 4. The molecule has 1 N–H and O–H groups in total. The van der Waals surface area contributed by atoms with Crippen LogP contribution in [-0.2, 0) is 19.1 Å². The quantitative estimate of drug-likeness (QED) is 0.447. The molecule has 1 heterocycles. The summed E-state index contributed by atoms with van der Waals surface area (Å²) in [5, 5.41) is 2.70. The Kier molecular flexibility index (Phi) is 4.89. The lowest BCUT2D eigenvalue weighted by molar-refractivity contribution is -0.123. The molecule has 2 aliphatic carbocycles. The van der Waals surface area contributed by atoms with E-state index in [2.05, 4.69) is 5.32 Å². The normalized spacial score (nSPS) is 25.2. The number of benzene rings is 2. The molecule has 1 saturated heterocycles. The van der Waals surface area contributed by atoms with Gasteiger partial charge in [-0.3, -0.25) is 14.4 Å². The van der Waals surface area contributed by atoms with Gasteiger partial charge in [-0.2, -0.15) is 0 Å². The Balaban J connectivity index is 1.26. The summed E-state index contributed by atoms with van der Waals surface area (Å²) in [5.74, 6) is -1.95. The summed E-state index contributed by atoms with van der Waals surface area (Å²) in [6.07, 6.45) is 4.93. The van der Waals surface area contributed by atoms with Crippen LogP contribution in [0.1, 0.15) is 22.3 Å². The Bertz CT molecular complexity index is 1140. The van der Waals surface area contributed by atoms with Crippen molar-refractivity contribution in [3.8, 4) is 0 Å². The molecular formula is C25H22N2O5. The standard InChI is InChI=1S/C25H22N2O5/c1-14-5-2-3-8-19(14)26-20(28)13-32-25(31)17-6-4-7-18(12-17)27-23(29)21-15-9-10-16(11-15)22(21)24(27)30/h2-10,12,15-16,21-22H,11,13H2,1H3,(H,26,28)/t15-,16-,21-,22-/m0/s1. The molecule has 162 valence electrons. The molecule has 3 amide bonds. The third kappa shape index (κ3) is 3.30. The third-order valence-electron chi connectivity index (χ3n) is 6.56. The Morgan fingerprint density at radius 3 is 2.38 bits per heavy atom. The largest absolute Gasteiger partial charge is 0.452 e. The first-order valence-corrected chi connectivity index (χ1v) is 10.6. The van der Waals surface area contributed by atoms with Crippen LogP contribution in [0, 0.1) is 30.6 Å². The zero-order chi connectivity index (χ0) is 22.4. The van der Waals surface area contributed by atoms with E-state index in [4.69, 9.17) is 4.74 Å². The van der Waals surface area contributed by atoms with Gasteiger partial charge in [-0.1, -0.05) is 36.4 Å². The molecule has 0 aromatic heterocycles. The molecule has 32 heavy (non-hydrogen) atoms. The lowest BCUT2D eigenvalue weighted by Crippen LogP contribution is -2.33. The van der Waals surface area contributed by atoms with Crippen molar-refractivity contribution < 1.29 is 23.9 Å². The number of allylic oxidation sites excluding steroid dienone is 2. The smallest absolute Gasteiger partial charge is 0.338 e. The molecule has 1 aliphatic heterocycles. The van der Waals surface area contributed by atoms with Crippen LogP contribution in [0.5, 0.6) is 0 Å². The summed E-state index contributed by atoms with van der Waals surface area (Å²) in [6.45, 7) is 1.42. The lowest BCUT2D eigenvalue weighted by atomic mass is 9.85. The van der Waals surface area contributed by atoms with Gasteiger partial charge in [0.15, 0.2) is 6.61 Å². The maximum absolute atomic E-state index is 13.0. The van der Waals surface area contributed by atoms with Crippen LogP contribution in [0.15, 0.2) is 60.7 Å². The van der Waals surface area contributed by atoms with E-state index in [1.165, 1.54) is 17.0 Å².